The molecule has 0 N–H and O–H groups in total. The van der Waals surface area contributed by atoms with E-state index in [1.807, 2.05) is 23.9 Å². The summed E-state index contributed by atoms with van der Waals surface area (Å²) >= 11 is 1.89. The van der Waals surface area contributed by atoms with Crippen molar-refractivity contribution in [1.82, 2.24) is 0 Å². The highest BCUT2D eigenvalue weighted by molar-refractivity contribution is 8.14. The average Bonchev–Trinajstić information content (AvgIpc) is 3.10. The summed E-state index contributed by atoms with van der Waals surface area (Å²) in [6.07, 6.45) is 22.6. The molecule has 1 rings (SSSR count). The molecule has 2 atom stereocenters. The number of thioether (sulfide) groups is 1. The lowest BCUT2D eigenvalue weighted by atomic mass is 10.1. The molecular formula is C23H35NOS. The molecule has 0 amide bonds. The molecule has 2 nitrogen and oxygen atoms in total. The van der Waals surface area contributed by atoms with E-state index in [0.717, 1.165) is 50.7 Å². The Morgan fingerprint density at radius 1 is 1.27 bits per heavy atom. The van der Waals surface area contributed by atoms with Crippen LogP contribution in [0.25, 0.3) is 0 Å². The summed E-state index contributed by atoms with van der Waals surface area (Å²) in [4.78, 5) is 4.74. The maximum Gasteiger partial charge on any atom is 0.0783 e. The van der Waals surface area contributed by atoms with Crippen LogP contribution in [0.3, 0.4) is 0 Å². The van der Waals surface area contributed by atoms with Crippen molar-refractivity contribution < 1.29 is 4.74 Å². The Kier molecular flexibility index (Phi) is 12.9. The van der Waals surface area contributed by atoms with E-state index < -0.39 is 0 Å². The van der Waals surface area contributed by atoms with Gasteiger partial charge in [-0.05, 0) is 51.9 Å². The first-order valence-electron chi connectivity index (χ1n) is 9.62. The van der Waals surface area contributed by atoms with Gasteiger partial charge in [-0.2, -0.15) is 0 Å². The minimum Gasteiger partial charge on any atom is -0.381 e. The average molecular weight is 374 g/mol. The fraction of sp³-hybridized carbons (Fsp3) is 0.522. The molecule has 0 saturated heterocycles. The van der Waals surface area contributed by atoms with Crippen LogP contribution in [0.2, 0.25) is 0 Å². The number of hydrogen-bond acceptors (Lipinski definition) is 3. The van der Waals surface area contributed by atoms with E-state index in [9.17, 15) is 0 Å². The second-order valence-electron chi connectivity index (χ2n) is 6.60. The van der Waals surface area contributed by atoms with E-state index in [1.54, 1.807) is 7.11 Å². The monoisotopic (exact) mass is 373 g/mol. The van der Waals surface area contributed by atoms with Crippen LogP contribution in [0.15, 0.2) is 66.3 Å². The number of nitrogens with zero attached hydrogens (tertiary/aromatic N) is 1. The summed E-state index contributed by atoms with van der Waals surface area (Å²) in [6.45, 7) is 9.73. The quantitative estimate of drug-likeness (QED) is 0.192. The number of aliphatic imine (C=N–C) groups is 1. The molecule has 1 aliphatic heterocycles. The van der Waals surface area contributed by atoms with E-state index in [1.165, 1.54) is 10.6 Å². The van der Waals surface area contributed by atoms with Crippen molar-refractivity contribution in [3.63, 3.8) is 0 Å². The van der Waals surface area contributed by atoms with Gasteiger partial charge in [0.1, 0.15) is 0 Å². The molecule has 1 aliphatic rings. The van der Waals surface area contributed by atoms with Crippen molar-refractivity contribution >= 4 is 16.8 Å². The van der Waals surface area contributed by atoms with Gasteiger partial charge in [-0.25, -0.2) is 0 Å². The largest absolute Gasteiger partial charge is 0.381 e. The van der Waals surface area contributed by atoms with Gasteiger partial charge >= 0.3 is 0 Å². The van der Waals surface area contributed by atoms with Crippen molar-refractivity contribution in [2.75, 3.05) is 12.9 Å². The summed E-state index contributed by atoms with van der Waals surface area (Å²) in [5, 5.41) is 1.28. The second-order valence-corrected chi connectivity index (χ2v) is 7.69. The standard InChI is InChI=1S/C23H35NOS/c1-5-7-16-23-24-21(19-26-23)15-12-10-8-9-11-14-20(3)17-18-22(25-4)13-6-2/h5-6,9,11-12,14-15,21-22H,1-2,7-8,10,13,16-19H2,3-4H3/b11-9+,15-12-,20-14+/t21-,22+/m1/s1. The molecular weight excluding hydrogens is 338 g/mol. The van der Waals surface area contributed by atoms with Gasteiger partial charge < -0.3 is 4.74 Å². The van der Waals surface area contributed by atoms with Crippen LogP contribution in [-0.2, 0) is 4.74 Å². The Labute approximate surface area is 164 Å². The lowest BCUT2D eigenvalue weighted by Crippen LogP contribution is -2.08. The minimum absolute atomic E-state index is 0.290. The Balaban J connectivity index is 2.19. The van der Waals surface area contributed by atoms with Crippen LogP contribution < -0.4 is 0 Å². The predicted molar refractivity (Wildman–Crippen MR) is 119 cm³/mol. The maximum absolute atomic E-state index is 5.44. The first-order chi connectivity index (χ1) is 12.7. The fourth-order valence-electron chi connectivity index (χ4n) is 2.67. The van der Waals surface area contributed by atoms with E-state index >= 15 is 0 Å². The predicted octanol–water partition coefficient (Wildman–Crippen LogP) is 6.68. The normalized spacial score (nSPS) is 19.2. The van der Waals surface area contributed by atoms with Crippen LogP contribution in [0.5, 0.6) is 0 Å². The van der Waals surface area contributed by atoms with Gasteiger partial charge in [-0.1, -0.05) is 48.1 Å². The van der Waals surface area contributed by atoms with Crippen molar-refractivity contribution in [2.24, 2.45) is 4.99 Å². The van der Waals surface area contributed by atoms with Gasteiger partial charge in [0.2, 0.25) is 0 Å². The highest BCUT2D eigenvalue weighted by atomic mass is 32.2. The van der Waals surface area contributed by atoms with Crippen molar-refractivity contribution in [2.45, 2.75) is 64.0 Å². The van der Waals surface area contributed by atoms with Gasteiger partial charge in [0.05, 0.1) is 17.2 Å². The molecule has 0 unspecified atom stereocenters. The molecule has 0 fully saturated rings. The maximum atomic E-state index is 5.44. The Morgan fingerprint density at radius 2 is 2.08 bits per heavy atom. The smallest absolute Gasteiger partial charge is 0.0783 e. The highest BCUT2D eigenvalue weighted by Gasteiger charge is 2.14. The molecule has 3 heteroatoms. The van der Waals surface area contributed by atoms with E-state index in [2.05, 4.69) is 50.5 Å². The summed E-state index contributed by atoms with van der Waals surface area (Å²) in [5.74, 6) is 1.09. The highest BCUT2D eigenvalue weighted by Crippen LogP contribution is 2.22. The molecule has 0 spiro atoms. The molecule has 0 radical (unpaired) electrons. The Bertz CT molecular complexity index is 530. The number of ether oxygens (including phenoxy) is 1. The van der Waals surface area contributed by atoms with Gasteiger partial charge in [0, 0.05) is 12.9 Å². The van der Waals surface area contributed by atoms with E-state index in [-0.39, 0.29) is 0 Å². The summed E-state index contributed by atoms with van der Waals surface area (Å²) in [7, 11) is 1.78. The minimum atomic E-state index is 0.290. The molecule has 0 saturated carbocycles. The lowest BCUT2D eigenvalue weighted by Gasteiger charge is -2.12. The van der Waals surface area contributed by atoms with Crippen LogP contribution in [0.1, 0.15) is 51.9 Å². The van der Waals surface area contributed by atoms with Crippen LogP contribution >= 0.6 is 11.8 Å². The van der Waals surface area contributed by atoms with Gasteiger partial charge in [0.25, 0.3) is 0 Å². The third kappa shape index (κ3) is 10.6. The van der Waals surface area contributed by atoms with Crippen LogP contribution in [-0.4, -0.2) is 30.1 Å². The summed E-state index contributed by atoms with van der Waals surface area (Å²) in [5.41, 5.74) is 1.40. The topological polar surface area (TPSA) is 21.6 Å². The van der Waals surface area contributed by atoms with Crippen molar-refractivity contribution in [1.29, 1.82) is 0 Å². The Morgan fingerprint density at radius 3 is 2.81 bits per heavy atom. The lowest BCUT2D eigenvalue weighted by molar-refractivity contribution is 0.0981. The number of hydrogen-bond donors (Lipinski definition) is 0. The van der Waals surface area contributed by atoms with Crippen molar-refractivity contribution in [3.05, 3.63) is 61.3 Å². The first-order valence-corrected chi connectivity index (χ1v) is 10.6. The fourth-order valence-corrected chi connectivity index (χ4v) is 3.69. The number of rotatable bonds is 14. The van der Waals surface area contributed by atoms with Crippen LogP contribution in [0, 0.1) is 0 Å². The zero-order valence-corrected chi connectivity index (χ0v) is 17.3. The van der Waals surface area contributed by atoms with Crippen molar-refractivity contribution in [3.8, 4) is 0 Å². The van der Waals surface area contributed by atoms with Crippen LogP contribution in [0.4, 0.5) is 0 Å². The zero-order valence-electron chi connectivity index (χ0n) is 16.5. The molecule has 144 valence electrons. The van der Waals surface area contributed by atoms with Gasteiger partial charge in [0.15, 0.2) is 0 Å². The van der Waals surface area contributed by atoms with Gasteiger partial charge in [-0.15, -0.1) is 24.9 Å². The number of methoxy groups -OCH3 is 1. The molecule has 0 aromatic rings. The third-order valence-electron chi connectivity index (χ3n) is 4.29. The third-order valence-corrected chi connectivity index (χ3v) is 5.44. The first kappa shape index (κ1) is 22.7. The molecule has 0 aliphatic carbocycles. The second kappa shape index (κ2) is 14.8. The van der Waals surface area contributed by atoms with Gasteiger partial charge in [-0.3, -0.25) is 4.99 Å². The SMILES string of the molecule is C=CCCC1=N[C@H](/C=C\CC/C=C/C=C(\C)CC[C@H](CC=C)OC)CS1. The summed E-state index contributed by atoms with van der Waals surface area (Å²) in [6, 6.07) is 0.371. The molecule has 0 aromatic heterocycles. The molecule has 0 aromatic carbocycles. The van der Waals surface area contributed by atoms with E-state index in [4.69, 9.17) is 9.73 Å². The molecule has 26 heavy (non-hydrogen) atoms. The molecule has 1 heterocycles. The number of unbranched alkanes of at least 4 members (excludes halogenated alkanes) is 1. The summed E-state index contributed by atoms with van der Waals surface area (Å²) < 4.78 is 5.44. The Hall–Kier alpha value is -1.32. The van der Waals surface area contributed by atoms with E-state index in [0.29, 0.717) is 12.1 Å². The zero-order chi connectivity index (χ0) is 19.0. The number of allylic oxidation sites excluding steroid dienone is 6. The molecule has 0 bridgehead atoms.